The third kappa shape index (κ3) is 6.75. The zero-order valence-electron chi connectivity index (χ0n) is 27.5. The first-order chi connectivity index (χ1) is 21.1. The molecule has 5 rings (SSSR count). The Balaban J connectivity index is 1.36. The highest BCUT2D eigenvalue weighted by Gasteiger charge is 2.69. The van der Waals surface area contributed by atoms with Gasteiger partial charge in [0.25, 0.3) is 0 Å². The summed E-state index contributed by atoms with van der Waals surface area (Å²) in [5.74, 6) is 1.13. The molecule has 0 amide bonds. The molecule has 1 aromatic carbocycles. The summed E-state index contributed by atoms with van der Waals surface area (Å²) in [5, 5.41) is 3.70. The monoisotopic (exact) mass is 597 g/mol. The smallest absolute Gasteiger partial charge is 0.159 e. The van der Waals surface area contributed by atoms with E-state index in [0.717, 1.165) is 44.2 Å². The number of hydrogen-bond acceptors (Lipinski definition) is 4. The van der Waals surface area contributed by atoms with Crippen molar-refractivity contribution in [2.45, 2.75) is 110 Å². The van der Waals surface area contributed by atoms with Crippen LogP contribution in [-0.4, -0.2) is 23.4 Å². The largest absolute Gasteiger partial charge is 0.379 e. The van der Waals surface area contributed by atoms with E-state index in [2.05, 4.69) is 70.1 Å². The van der Waals surface area contributed by atoms with Gasteiger partial charge in [0.1, 0.15) is 5.78 Å². The van der Waals surface area contributed by atoms with Crippen LogP contribution in [0.25, 0.3) is 0 Å². The van der Waals surface area contributed by atoms with Crippen molar-refractivity contribution < 1.29 is 14.4 Å². The van der Waals surface area contributed by atoms with Crippen LogP contribution in [0, 0.1) is 46.8 Å². The van der Waals surface area contributed by atoms with Crippen molar-refractivity contribution in [1.29, 1.82) is 0 Å². The third-order valence-corrected chi connectivity index (χ3v) is 11.9. The third-order valence-electron chi connectivity index (χ3n) is 11.9. The van der Waals surface area contributed by atoms with Crippen molar-refractivity contribution in [3.63, 3.8) is 0 Å². The molecular weight excluding hydrogens is 542 g/mol. The van der Waals surface area contributed by atoms with Crippen molar-refractivity contribution >= 4 is 17.3 Å². The summed E-state index contributed by atoms with van der Waals surface area (Å²) in [5.41, 5.74) is 4.30. The highest BCUT2D eigenvalue weighted by molar-refractivity contribution is 5.98. The first-order valence-corrected chi connectivity index (χ1v) is 17.5. The number of carbonyl (C=O) groups is 3. The molecule has 1 aromatic rings. The minimum absolute atomic E-state index is 0.0330. The number of carbonyl (C=O) groups excluding carboxylic acids is 3. The van der Waals surface area contributed by atoms with Crippen LogP contribution in [0.4, 0.5) is 0 Å². The van der Waals surface area contributed by atoms with Gasteiger partial charge in [0, 0.05) is 30.4 Å². The van der Waals surface area contributed by atoms with Gasteiger partial charge in [-0.2, -0.15) is 0 Å². The SMILES string of the molecule is C=CCCC(=O)C(=C)C(CCC)CC(=O)C1C(C(=O)C(NC(=C)CC2CCCC2)C2Cc3ccccc3C2)CC2C1C2(C)C. The lowest BCUT2D eigenvalue weighted by Gasteiger charge is -2.33. The molecule has 3 saturated carbocycles. The predicted octanol–water partition coefficient (Wildman–Crippen LogP) is 8.40. The Morgan fingerprint density at radius 3 is 2.34 bits per heavy atom. The highest BCUT2D eigenvalue weighted by Crippen LogP contribution is 2.71. The van der Waals surface area contributed by atoms with Gasteiger partial charge in [0.2, 0.25) is 0 Å². The van der Waals surface area contributed by atoms with Crippen molar-refractivity contribution in [2.24, 2.45) is 46.8 Å². The second kappa shape index (κ2) is 13.7. The fourth-order valence-corrected chi connectivity index (χ4v) is 9.41. The number of allylic oxidation sites excluding steroid dienone is 3. The Hall–Kier alpha value is -2.75. The molecule has 238 valence electrons. The molecule has 0 aliphatic heterocycles. The maximum atomic E-state index is 14.8. The molecule has 0 spiro atoms. The van der Waals surface area contributed by atoms with E-state index >= 15 is 0 Å². The Bertz CT molecular complexity index is 1260. The van der Waals surface area contributed by atoms with Gasteiger partial charge in [-0.25, -0.2) is 0 Å². The summed E-state index contributed by atoms with van der Waals surface area (Å²) in [7, 11) is 0. The topological polar surface area (TPSA) is 63.2 Å². The Morgan fingerprint density at radius 1 is 1.07 bits per heavy atom. The lowest BCUT2D eigenvalue weighted by atomic mass is 9.73. The molecule has 0 saturated heterocycles. The minimum atomic E-state index is -0.334. The van der Waals surface area contributed by atoms with Crippen molar-refractivity contribution in [2.75, 3.05) is 0 Å². The van der Waals surface area contributed by atoms with Gasteiger partial charge in [-0.1, -0.05) is 96.4 Å². The lowest BCUT2D eigenvalue weighted by Crippen LogP contribution is -2.48. The zero-order valence-corrected chi connectivity index (χ0v) is 27.5. The quantitative estimate of drug-likeness (QED) is 0.145. The Labute approximate surface area is 266 Å². The summed E-state index contributed by atoms with van der Waals surface area (Å²) >= 11 is 0. The average molecular weight is 598 g/mol. The van der Waals surface area contributed by atoms with E-state index in [9.17, 15) is 14.4 Å². The first kappa shape index (κ1) is 32.6. The van der Waals surface area contributed by atoms with Crippen LogP contribution in [-0.2, 0) is 27.2 Å². The molecule has 4 aliphatic carbocycles. The molecule has 0 radical (unpaired) electrons. The first-order valence-electron chi connectivity index (χ1n) is 17.5. The van der Waals surface area contributed by atoms with Crippen LogP contribution in [0.15, 0.2) is 61.3 Å². The van der Waals surface area contributed by atoms with Crippen LogP contribution in [0.1, 0.15) is 103 Å². The molecule has 6 unspecified atom stereocenters. The van der Waals surface area contributed by atoms with Crippen molar-refractivity contribution in [1.82, 2.24) is 5.32 Å². The van der Waals surface area contributed by atoms with Gasteiger partial charge >= 0.3 is 0 Å². The van der Waals surface area contributed by atoms with Crippen molar-refractivity contribution in [3.05, 3.63) is 72.5 Å². The van der Waals surface area contributed by atoms with Gasteiger partial charge in [-0.3, -0.25) is 14.4 Å². The number of rotatable bonds is 17. The van der Waals surface area contributed by atoms with Gasteiger partial charge in [0.15, 0.2) is 11.6 Å². The van der Waals surface area contributed by atoms with Gasteiger partial charge in [-0.15, -0.1) is 6.58 Å². The fourth-order valence-electron chi connectivity index (χ4n) is 9.41. The molecule has 4 aliphatic rings. The minimum Gasteiger partial charge on any atom is -0.379 e. The molecule has 3 fully saturated rings. The summed E-state index contributed by atoms with van der Waals surface area (Å²) < 4.78 is 0. The van der Waals surface area contributed by atoms with E-state index in [1.807, 2.05) is 0 Å². The molecule has 0 heterocycles. The Morgan fingerprint density at radius 2 is 1.73 bits per heavy atom. The second-order valence-electron chi connectivity index (χ2n) is 15.2. The normalized spacial score (nSPS) is 26.8. The summed E-state index contributed by atoms with van der Waals surface area (Å²) in [6.07, 6.45) is 13.2. The van der Waals surface area contributed by atoms with Gasteiger partial charge < -0.3 is 5.32 Å². The lowest BCUT2D eigenvalue weighted by molar-refractivity contribution is -0.135. The molecule has 6 atom stereocenters. The summed E-state index contributed by atoms with van der Waals surface area (Å²) in [4.78, 5) is 42.0. The summed E-state index contributed by atoms with van der Waals surface area (Å²) in [6.45, 7) is 19.0. The number of ketones is 3. The molecule has 0 aromatic heterocycles. The molecular formula is C40H55NO3. The standard InChI is InChI=1S/C40H55NO3/c1-7-9-19-34(42)26(4)28(14-8-2)23-35(43)36-32(24-33-37(36)40(33,5)6)39(44)38(41-25(3)20-27-15-10-11-16-27)31-21-29-17-12-13-18-30(29)22-31/h7,12-13,17-18,27-28,31-33,36-38,41H,1,3-4,8-11,14-16,19-24H2,2,5-6H3. The van der Waals surface area contributed by atoms with E-state index in [1.165, 1.54) is 36.8 Å². The van der Waals surface area contributed by atoms with E-state index < -0.39 is 0 Å². The van der Waals surface area contributed by atoms with Crippen molar-refractivity contribution in [3.8, 4) is 0 Å². The van der Waals surface area contributed by atoms with E-state index in [4.69, 9.17) is 0 Å². The number of nitrogens with one attached hydrogen (secondary N) is 1. The second-order valence-corrected chi connectivity index (χ2v) is 15.2. The summed E-state index contributed by atoms with van der Waals surface area (Å²) in [6, 6.07) is 8.24. The molecule has 4 heteroatoms. The van der Waals surface area contributed by atoms with Crippen LogP contribution < -0.4 is 5.32 Å². The highest BCUT2D eigenvalue weighted by atomic mass is 16.1. The maximum absolute atomic E-state index is 14.8. The maximum Gasteiger partial charge on any atom is 0.159 e. The Kier molecular flexibility index (Phi) is 10.2. The van der Waals surface area contributed by atoms with Gasteiger partial charge in [-0.05, 0) is 90.2 Å². The molecule has 0 bridgehead atoms. The van der Waals surface area contributed by atoms with Crippen LogP contribution in [0.5, 0.6) is 0 Å². The molecule has 4 nitrogen and oxygen atoms in total. The van der Waals surface area contributed by atoms with E-state index in [-0.39, 0.29) is 58.4 Å². The molecule has 1 N–H and O–H groups in total. The van der Waals surface area contributed by atoms with Gasteiger partial charge in [0.05, 0.1) is 6.04 Å². The fraction of sp³-hybridized carbons (Fsp3) is 0.625. The average Bonchev–Trinajstić information content (AvgIpc) is 3.57. The van der Waals surface area contributed by atoms with E-state index in [0.29, 0.717) is 36.7 Å². The predicted molar refractivity (Wildman–Crippen MR) is 179 cm³/mol. The number of hydrogen-bond donors (Lipinski definition) is 1. The number of benzene rings is 1. The number of Topliss-reactive ketones (excluding diaryl/α,β-unsaturated/α-hetero) is 3. The molecule has 44 heavy (non-hydrogen) atoms. The van der Waals surface area contributed by atoms with E-state index in [1.54, 1.807) is 6.08 Å². The van der Waals surface area contributed by atoms with Crippen LogP contribution in [0.3, 0.4) is 0 Å². The van der Waals surface area contributed by atoms with Crippen LogP contribution in [0.2, 0.25) is 0 Å². The number of fused-ring (bicyclic) bond motifs is 2. The van der Waals surface area contributed by atoms with Crippen LogP contribution >= 0.6 is 0 Å². The zero-order chi connectivity index (χ0) is 31.6.